The highest BCUT2D eigenvalue weighted by Crippen LogP contribution is 2.29. The number of primary amides is 1. The summed E-state index contributed by atoms with van der Waals surface area (Å²) in [5.41, 5.74) is 8.62. The van der Waals surface area contributed by atoms with Gasteiger partial charge in [-0.05, 0) is 55.3 Å². The normalized spacial score (nSPS) is 16.3. The zero-order valence-corrected chi connectivity index (χ0v) is 23.4. The molecule has 11 nitrogen and oxygen atoms in total. The molecule has 2 aliphatic rings. The second-order valence-electron chi connectivity index (χ2n) is 10.8. The number of aromatic nitrogens is 2. The number of nitrogens with zero attached hydrogens (tertiary/aromatic N) is 6. The molecule has 1 aliphatic carbocycles. The van der Waals surface area contributed by atoms with Gasteiger partial charge in [0, 0.05) is 63.5 Å². The lowest BCUT2D eigenvalue weighted by atomic mass is 9.88. The van der Waals surface area contributed by atoms with Crippen LogP contribution in [0.5, 0.6) is 0 Å². The summed E-state index contributed by atoms with van der Waals surface area (Å²) < 4.78 is 1.98. The number of urea groups is 1. The van der Waals surface area contributed by atoms with E-state index in [1.807, 2.05) is 29.8 Å². The van der Waals surface area contributed by atoms with Crippen molar-refractivity contribution in [3.63, 3.8) is 0 Å². The van der Waals surface area contributed by atoms with Crippen LogP contribution in [0.3, 0.4) is 0 Å². The van der Waals surface area contributed by atoms with Crippen LogP contribution in [-0.4, -0.2) is 77.0 Å². The zero-order chi connectivity index (χ0) is 28.9. The summed E-state index contributed by atoms with van der Waals surface area (Å²) in [6.45, 7) is 3.83. The minimum absolute atomic E-state index is 0.0549. The van der Waals surface area contributed by atoms with Crippen LogP contribution in [0.15, 0.2) is 42.5 Å². The van der Waals surface area contributed by atoms with Crippen molar-refractivity contribution in [2.45, 2.75) is 38.6 Å². The van der Waals surface area contributed by atoms with Crippen molar-refractivity contribution in [1.29, 1.82) is 5.26 Å². The monoisotopic (exact) mass is 556 g/mol. The van der Waals surface area contributed by atoms with E-state index in [2.05, 4.69) is 16.3 Å². The maximum absolute atomic E-state index is 13.2. The predicted molar refractivity (Wildman–Crippen MR) is 156 cm³/mol. The molecule has 0 atom stereocenters. The van der Waals surface area contributed by atoms with Crippen molar-refractivity contribution in [1.82, 2.24) is 19.4 Å². The summed E-state index contributed by atoms with van der Waals surface area (Å²) in [5, 5.41) is 12.0. The first-order valence-corrected chi connectivity index (χ1v) is 14.2. The third-order valence-corrected chi connectivity index (χ3v) is 8.23. The second-order valence-corrected chi connectivity index (χ2v) is 10.8. The Morgan fingerprint density at radius 2 is 1.73 bits per heavy atom. The fourth-order valence-electron chi connectivity index (χ4n) is 5.70. The lowest BCUT2D eigenvalue weighted by Gasteiger charge is -2.33. The molecule has 2 heterocycles. The molecule has 11 heteroatoms. The third kappa shape index (κ3) is 6.33. The van der Waals surface area contributed by atoms with E-state index in [-0.39, 0.29) is 17.7 Å². The number of hydrogen-bond acceptors (Lipinski definition) is 6. The third-order valence-electron chi connectivity index (χ3n) is 8.23. The van der Waals surface area contributed by atoms with Crippen molar-refractivity contribution in [3.8, 4) is 6.07 Å². The molecule has 41 heavy (non-hydrogen) atoms. The highest BCUT2D eigenvalue weighted by Gasteiger charge is 2.26. The van der Waals surface area contributed by atoms with E-state index in [9.17, 15) is 14.4 Å². The van der Waals surface area contributed by atoms with Crippen LogP contribution < -0.4 is 16.0 Å². The van der Waals surface area contributed by atoms with Crippen LogP contribution in [0.25, 0.3) is 11.0 Å². The fraction of sp³-hybridized carbons (Fsp3) is 0.433. The van der Waals surface area contributed by atoms with Gasteiger partial charge in [-0.15, -0.1) is 0 Å². The number of carbonyl (C=O) groups is 3. The Kier molecular flexibility index (Phi) is 8.50. The van der Waals surface area contributed by atoms with Gasteiger partial charge in [0.1, 0.15) is 0 Å². The molecule has 214 valence electrons. The highest BCUT2D eigenvalue weighted by atomic mass is 16.2. The largest absolute Gasteiger partial charge is 0.351 e. The van der Waals surface area contributed by atoms with Gasteiger partial charge in [0.25, 0.3) is 5.91 Å². The lowest BCUT2D eigenvalue weighted by molar-refractivity contribution is -0.123. The first-order chi connectivity index (χ1) is 19.8. The molecular weight excluding hydrogens is 520 g/mol. The maximum Gasteiger partial charge on any atom is 0.314 e. The summed E-state index contributed by atoms with van der Waals surface area (Å²) in [6.07, 6.45) is 5.23. The van der Waals surface area contributed by atoms with E-state index < -0.39 is 6.03 Å². The van der Waals surface area contributed by atoms with Gasteiger partial charge in [-0.25, -0.2) is 9.78 Å². The Morgan fingerprint density at radius 3 is 2.39 bits per heavy atom. The molecule has 0 unspecified atom stereocenters. The Hall–Kier alpha value is -4.43. The number of nitrogens with two attached hydrogens (primary N) is 1. The van der Waals surface area contributed by atoms with Gasteiger partial charge >= 0.3 is 6.03 Å². The molecular formula is C30H36N8O3. The van der Waals surface area contributed by atoms with Crippen molar-refractivity contribution >= 4 is 40.5 Å². The van der Waals surface area contributed by atoms with Crippen LogP contribution in [0.2, 0.25) is 0 Å². The number of nitriles is 1. The van der Waals surface area contributed by atoms with Crippen LogP contribution in [0.4, 0.5) is 16.4 Å². The summed E-state index contributed by atoms with van der Waals surface area (Å²) in [5.74, 6) is 0.265. The minimum atomic E-state index is -0.402. The number of rotatable bonds is 7. The van der Waals surface area contributed by atoms with E-state index in [1.54, 1.807) is 34.1 Å². The number of carbonyl (C=O) groups excluding carboxylic acids is 3. The number of fused-ring (bicyclic) bond motifs is 1. The Morgan fingerprint density at radius 1 is 1.02 bits per heavy atom. The number of hydrogen-bond donors (Lipinski definition) is 2. The van der Waals surface area contributed by atoms with Gasteiger partial charge in [-0.1, -0.05) is 19.3 Å². The fourth-order valence-corrected chi connectivity index (χ4v) is 5.70. The quantitative estimate of drug-likeness (QED) is 0.457. The molecule has 4 amide bonds. The number of piperazine rings is 1. The molecule has 2 fully saturated rings. The van der Waals surface area contributed by atoms with E-state index in [4.69, 9.17) is 16.0 Å². The van der Waals surface area contributed by atoms with Crippen LogP contribution in [0.1, 0.15) is 48.0 Å². The molecule has 1 aromatic heterocycles. The predicted octanol–water partition coefficient (Wildman–Crippen LogP) is 3.40. The second kappa shape index (κ2) is 12.4. The average molecular weight is 557 g/mol. The molecule has 5 rings (SSSR count). The molecule has 0 spiro atoms. The van der Waals surface area contributed by atoms with Gasteiger partial charge in [-0.3, -0.25) is 19.8 Å². The summed E-state index contributed by atoms with van der Waals surface area (Å²) in [6, 6.07) is 13.9. The molecule has 1 saturated heterocycles. The Balaban J connectivity index is 1.39. The number of anilines is 2. The lowest BCUT2D eigenvalue weighted by Crippen LogP contribution is -2.50. The van der Waals surface area contributed by atoms with Crippen LogP contribution >= 0.6 is 0 Å². The molecule has 3 N–H and O–H groups in total. The molecule has 3 aromatic rings. The standard InChI is InChI=1S/C30H36N8O3/c1-35(28(40)23-5-3-2-4-6-23)24-11-12-26-25(19-24)33-30(34-27(39)22-9-7-21(20-31)8-10-22)38(26)18-15-36-13-16-37(17-14-36)29(32)41/h7-12,19,23H,2-6,13-18H2,1H3,(H2,32,41)(H,33,34,39). The highest BCUT2D eigenvalue weighted by molar-refractivity contribution is 6.04. The first-order valence-electron chi connectivity index (χ1n) is 14.2. The van der Waals surface area contributed by atoms with Crippen molar-refractivity contribution in [2.75, 3.05) is 50.0 Å². The summed E-state index contributed by atoms with van der Waals surface area (Å²) >= 11 is 0. The average Bonchev–Trinajstić information content (AvgIpc) is 3.35. The molecule has 1 aliphatic heterocycles. The van der Waals surface area contributed by atoms with Crippen molar-refractivity contribution in [3.05, 3.63) is 53.6 Å². The molecule has 2 aromatic carbocycles. The zero-order valence-electron chi connectivity index (χ0n) is 23.4. The summed E-state index contributed by atoms with van der Waals surface area (Å²) in [7, 11) is 1.81. The molecule has 0 bridgehead atoms. The Labute approximate surface area is 239 Å². The van der Waals surface area contributed by atoms with E-state index in [1.165, 1.54) is 6.42 Å². The van der Waals surface area contributed by atoms with Crippen molar-refractivity contribution < 1.29 is 14.4 Å². The SMILES string of the molecule is CN(C(=O)C1CCCCC1)c1ccc2c(c1)nc(NC(=O)c1ccc(C#N)cc1)n2CCN1CCN(C(N)=O)CC1. The van der Waals surface area contributed by atoms with E-state index in [0.717, 1.165) is 36.9 Å². The maximum atomic E-state index is 13.2. The Bertz CT molecular complexity index is 1460. The molecule has 0 radical (unpaired) electrons. The van der Waals surface area contributed by atoms with Gasteiger partial charge in [0.15, 0.2) is 0 Å². The van der Waals surface area contributed by atoms with Gasteiger partial charge < -0.3 is 20.1 Å². The van der Waals surface area contributed by atoms with Crippen LogP contribution in [0, 0.1) is 17.2 Å². The topological polar surface area (TPSA) is 141 Å². The molecule has 1 saturated carbocycles. The number of nitrogens with one attached hydrogen (secondary N) is 1. The first kappa shape index (κ1) is 28.1. The van der Waals surface area contributed by atoms with E-state index >= 15 is 0 Å². The number of benzene rings is 2. The number of imidazole rings is 1. The summed E-state index contributed by atoms with van der Waals surface area (Å²) in [4.78, 5) is 48.2. The van der Waals surface area contributed by atoms with Crippen molar-refractivity contribution in [2.24, 2.45) is 11.7 Å². The van der Waals surface area contributed by atoms with Gasteiger partial charge in [0.2, 0.25) is 11.9 Å². The smallest absolute Gasteiger partial charge is 0.314 e. The van der Waals surface area contributed by atoms with Gasteiger partial charge in [-0.2, -0.15) is 5.26 Å². The minimum Gasteiger partial charge on any atom is -0.351 e. The van der Waals surface area contributed by atoms with E-state index in [0.29, 0.717) is 61.9 Å². The number of amides is 4. The van der Waals surface area contributed by atoms with Gasteiger partial charge in [0.05, 0.1) is 22.7 Å². The van der Waals surface area contributed by atoms with Crippen LogP contribution in [-0.2, 0) is 11.3 Å².